The van der Waals surface area contributed by atoms with Crippen LogP contribution in [0.3, 0.4) is 0 Å². The quantitative estimate of drug-likeness (QED) is 0.739. The van der Waals surface area contributed by atoms with Crippen LogP contribution in [0, 0.1) is 0 Å². The summed E-state index contributed by atoms with van der Waals surface area (Å²) in [5.41, 5.74) is 5.90. The van der Waals surface area contributed by atoms with Crippen LogP contribution in [0.15, 0.2) is 27.6 Å². The first kappa shape index (κ1) is 7.88. The maximum absolute atomic E-state index is 11.9. The fourth-order valence-corrected chi connectivity index (χ4v) is 1.24. The highest BCUT2D eigenvalue weighted by Gasteiger charge is 1.98. The lowest BCUT2D eigenvalue weighted by Crippen LogP contribution is -1.86. The number of nitrogen functional groups attached to an aromatic ring is 1. The summed E-state index contributed by atoms with van der Waals surface area (Å²) in [5, 5.41) is 0. The molecule has 0 saturated heterocycles. The first-order valence-corrected chi connectivity index (χ1v) is 4.08. The molecule has 0 amide bonds. The largest absolute Gasteiger partial charge is 0.398 e. The van der Waals surface area contributed by atoms with Gasteiger partial charge in [-0.2, -0.15) is 3.89 Å². The Morgan fingerprint density at radius 1 is 1.50 bits per heavy atom. The van der Waals surface area contributed by atoms with Crippen LogP contribution >= 0.6 is 28.1 Å². The molecule has 54 valence electrons. The van der Waals surface area contributed by atoms with Crippen LogP contribution in [0.25, 0.3) is 0 Å². The van der Waals surface area contributed by atoms with Gasteiger partial charge in [0, 0.05) is 10.2 Å². The molecule has 10 heavy (non-hydrogen) atoms. The summed E-state index contributed by atoms with van der Waals surface area (Å²) in [6.45, 7) is 0. The molecule has 0 aromatic heterocycles. The predicted octanol–water partition coefficient (Wildman–Crippen LogP) is 3.01. The van der Waals surface area contributed by atoms with Crippen LogP contribution in [0.2, 0.25) is 0 Å². The van der Waals surface area contributed by atoms with Crippen molar-refractivity contribution in [2.45, 2.75) is 4.90 Å². The van der Waals surface area contributed by atoms with E-state index in [0.29, 0.717) is 10.6 Å². The van der Waals surface area contributed by atoms with E-state index in [4.69, 9.17) is 5.73 Å². The Bertz CT molecular complexity index is 241. The number of halogens is 2. The third kappa shape index (κ3) is 1.64. The van der Waals surface area contributed by atoms with Crippen LogP contribution in [0.1, 0.15) is 0 Å². The predicted molar refractivity (Wildman–Crippen MR) is 45.5 cm³/mol. The lowest BCUT2D eigenvalue weighted by Gasteiger charge is -1.98. The summed E-state index contributed by atoms with van der Waals surface area (Å²) in [4.78, 5) is 0.461. The third-order valence-corrected chi connectivity index (χ3v) is 2.09. The van der Waals surface area contributed by atoms with E-state index in [9.17, 15) is 3.89 Å². The Hall–Kier alpha value is -0.220. The molecule has 1 aromatic rings. The molecule has 1 rings (SSSR count). The van der Waals surface area contributed by atoms with Gasteiger partial charge in [-0.1, -0.05) is 15.9 Å². The zero-order valence-electron chi connectivity index (χ0n) is 4.97. The fraction of sp³-hybridized carbons (Fsp3) is 0. The Labute approximate surface area is 71.2 Å². The van der Waals surface area contributed by atoms with Crippen molar-refractivity contribution in [2.24, 2.45) is 0 Å². The molecule has 1 aromatic carbocycles. The average Bonchev–Trinajstić information content (AvgIpc) is 1.88. The highest BCUT2D eigenvalue weighted by atomic mass is 79.9. The van der Waals surface area contributed by atoms with Crippen molar-refractivity contribution in [3.8, 4) is 0 Å². The highest BCUT2D eigenvalue weighted by molar-refractivity contribution is 9.10. The van der Waals surface area contributed by atoms with E-state index in [-0.39, 0.29) is 12.1 Å². The van der Waals surface area contributed by atoms with Crippen LogP contribution in [-0.4, -0.2) is 0 Å². The lowest BCUT2D eigenvalue weighted by atomic mass is 10.3. The van der Waals surface area contributed by atoms with Crippen molar-refractivity contribution in [3.05, 3.63) is 22.7 Å². The van der Waals surface area contributed by atoms with Gasteiger partial charge in [0.05, 0.1) is 17.0 Å². The van der Waals surface area contributed by atoms with Gasteiger partial charge in [0.25, 0.3) is 0 Å². The molecule has 0 spiro atoms. The number of hydrogen-bond acceptors (Lipinski definition) is 2. The molecule has 4 heteroatoms. The van der Waals surface area contributed by atoms with Crippen molar-refractivity contribution in [2.75, 3.05) is 5.73 Å². The second kappa shape index (κ2) is 3.25. The molecule has 0 aliphatic carbocycles. The van der Waals surface area contributed by atoms with E-state index in [0.717, 1.165) is 4.47 Å². The van der Waals surface area contributed by atoms with Gasteiger partial charge in [0.15, 0.2) is 0 Å². The standard InChI is InChI=1S/C6H5BrFNS/c7-4-1-2-6(10-8)5(9)3-4/h1-3H,9H2. The third-order valence-electron chi connectivity index (χ3n) is 1.05. The monoisotopic (exact) mass is 221 g/mol. The second-order valence-electron chi connectivity index (χ2n) is 1.76. The second-order valence-corrected chi connectivity index (χ2v) is 3.27. The number of nitrogens with two attached hydrogens (primary N) is 1. The Morgan fingerprint density at radius 2 is 2.20 bits per heavy atom. The molecule has 0 radical (unpaired) electrons. The summed E-state index contributed by atoms with van der Waals surface area (Å²) < 4.78 is 12.8. The molecule has 2 N–H and O–H groups in total. The first-order valence-electron chi connectivity index (χ1n) is 2.57. The molecule has 0 unspecified atom stereocenters. The normalized spacial score (nSPS) is 9.80. The maximum atomic E-state index is 11.9. The van der Waals surface area contributed by atoms with Gasteiger partial charge < -0.3 is 5.73 Å². The van der Waals surface area contributed by atoms with E-state index in [1.54, 1.807) is 18.2 Å². The average molecular weight is 222 g/mol. The summed E-state index contributed by atoms with van der Waals surface area (Å²) in [5.74, 6) is 0. The van der Waals surface area contributed by atoms with Crippen LogP contribution < -0.4 is 5.73 Å². The molecular weight excluding hydrogens is 217 g/mol. The van der Waals surface area contributed by atoms with Crippen molar-refractivity contribution in [1.82, 2.24) is 0 Å². The number of rotatable bonds is 1. The molecule has 0 heterocycles. The van der Waals surface area contributed by atoms with Crippen LogP contribution in [-0.2, 0) is 0 Å². The topological polar surface area (TPSA) is 26.0 Å². The Kier molecular flexibility index (Phi) is 2.56. The van der Waals surface area contributed by atoms with E-state index in [2.05, 4.69) is 15.9 Å². The minimum absolute atomic E-state index is 0.158. The van der Waals surface area contributed by atoms with Gasteiger partial charge >= 0.3 is 0 Å². The van der Waals surface area contributed by atoms with Gasteiger partial charge in [-0.3, -0.25) is 0 Å². The van der Waals surface area contributed by atoms with Gasteiger partial charge in [-0.15, -0.1) is 0 Å². The van der Waals surface area contributed by atoms with E-state index in [1.165, 1.54) is 0 Å². The smallest absolute Gasteiger partial charge is 0.0833 e. The van der Waals surface area contributed by atoms with Crippen molar-refractivity contribution >= 4 is 33.8 Å². The summed E-state index contributed by atoms with van der Waals surface area (Å²) in [7, 11) is 0. The summed E-state index contributed by atoms with van der Waals surface area (Å²) >= 11 is 3.37. The minimum Gasteiger partial charge on any atom is -0.398 e. The molecule has 0 bridgehead atoms. The highest BCUT2D eigenvalue weighted by Crippen LogP contribution is 2.27. The molecule has 0 aliphatic rings. The molecule has 0 atom stereocenters. The van der Waals surface area contributed by atoms with Gasteiger partial charge in [0.2, 0.25) is 0 Å². The van der Waals surface area contributed by atoms with Gasteiger partial charge in [0.1, 0.15) is 0 Å². The van der Waals surface area contributed by atoms with Crippen molar-refractivity contribution < 1.29 is 3.89 Å². The Balaban J connectivity index is 3.07. The molecule has 1 nitrogen and oxygen atoms in total. The summed E-state index contributed by atoms with van der Waals surface area (Å²) in [6.07, 6.45) is 0. The summed E-state index contributed by atoms with van der Waals surface area (Å²) in [6, 6.07) is 5.05. The van der Waals surface area contributed by atoms with E-state index >= 15 is 0 Å². The zero-order valence-corrected chi connectivity index (χ0v) is 7.38. The van der Waals surface area contributed by atoms with Gasteiger partial charge in [-0.25, -0.2) is 0 Å². The van der Waals surface area contributed by atoms with Crippen LogP contribution in [0.4, 0.5) is 9.57 Å². The SMILES string of the molecule is Nc1cc(Br)ccc1SF. The van der Waals surface area contributed by atoms with Crippen molar-refractivity contribution in [3.63, 3.8) is 0 Å². The van der Waals surface area contributed by atoms with E-state index < -0.39 is 0 Å². The van der Waals surface area contributed by atoms with E-state index in [1.807, 2.05) is 0 Å². The first-order chi connectivity index (χ1) is 4.74. The minimum atomic E-state index is 0.158. The number of hydrogen-bond donors (Lipinski definition) is 1. The molecule has 0 aliphatic heterocycles. The van der Waals surface area contributed by atoms with Crippen molar-refractivity contribution in [1.29, 1.82) is 0 Å². The molecular formula is C6H5BrFNS. The number of benzene rings is 1. The lowest BCUT2D eigenvalue weighted by molar-refractivity contribution is 0.935. The zero-order chi connectivity index (χ0) is 7.56. The van der Waals surface area contributed by atoms with Gasteiger partial charge in [-0.05, 0) is 18.2 Å². The number of anilines is 1. The maximum Gasteiger partial charge on any atom is 0.0833 e. The molecule has 0 saturated carbocycles. The Morgan fingerprint density at radius 3 is 2.70 bits per heavy atom. The fourth-order valence-electron chi connectivity index (χ4n) is 0.590. The van der Waals surface area contributed by atoms with Crippen LogP contribution in [0.5, 0.6) is 0 Å². The molecule has 0 fully saturated rings.